The van der Waals surface area contributed by atoms with Crippen LogP contribution >= 0.6 is 0 Å². The lowest BCUT2D eigenvalue weighted by molar-refractivity contribution is 0.165. The van der Waals surface area contributed by atoms with Gasteiger partial charge in [0.05, 0.1) is 5.25 Å². The second kappa shape index (κ2) is 7.12. The quantitative estimate of drug-likeness (QED) is 0.849. The Morgan fingerprint density at radius 3 is 2.33 bits per heavy atom. The Hall–Kier alpha value is 0.110. The Labute approximate surface area is 134 Å². The van der Waals surface area contributed by atoms with E-state index in [2.05, 4.69) is 40.1 Å². The maximum Gasteiger partial charge on any atom is 0.0506 e. The molecule has 0 aromatic carbocycles. The van der Waals surface area contributed by atoms with E-state index in [1.807, 2.05) is 0 Å². The van der Waals surface area contributed by atoms with Gasteiger partial charge >= 0.3 is 0 Å². The molecule has 0 aromatic rings. The molecule has 0 heterocycles. The SMILES string of the molecule is CNC1CCC(C(C)(C)C)CC1S(=O)C1CCCC(C)C1. The van der Waals surface area contributed by atoms with Crippen molar-refractivity contribution < 1.29 is 4.21 Å². The molecule has 1 N–H and O–H groups in total. The van der Waals surface area contributed by atoms with Gasteiger partial charge in [-0.15, -0.1) is 0 Å². The summed E-state index contributed by atoms with van der Waals surface area (Å²) in [7, 11) is 1.39. The van der Waals surface area contributed by atoms with Crippen molar-refractivity contribution in [1.29, 1.82) is 0 Å². The first-order valence-electron chi connectivity index (χ1n) is 8.89. The minimum absolute atomic E-state index is 0.348. The zero-order valence-corrected chi connectivity index (χ0v) is 15.5. The summed E-state index contributed by atoms with van der Waals surface area (Å²) in [5, 5.41) is 4.28. The highest BCUT2D eigenvalue weighted by molar-refractivity contribution is 7.86. The fraction of sp³-hybridized carbons (Fsp3) is 1.00. The lowest BCUT2D eigenvalue weighted by Crippen LogP contribution is -2.49. The van der Waals surface area contributed by atoms with Gasteiger partial charge in [-0.3, -0.25) is 4.21 Å². The van der Waals surface area contributed by atoms with Crippen molar-refractivity contribution in [3.8, 4) is 0 Å². The van der Waals surface area contributed by atoms with E-state index in [0.717, 1.165) is 18.3 Å². The molecule has 124 valence electrons. The fourth-order valence-corrected chi connectivity index (χ4v) is 6.77. The molecule has 0 spiro atoms. The molecule has 0 aromatic heterocycles. The van der Waals surface area contributed by atoms with Crippen molar-refractivity contribution in [3.05, 3.63) is 0 Å². The summed E-state index contributed by atoms with van der Waals surface area (Å²) in [6, 6.07) is 0.460. The summed E-state index contributed by atoms with van der Waals surface area (Å²) < 4.78 is 13.2. The van der Waals surface area contributed by atoms with Gasteiger partial charge < -0.3 is 5.32 Å². The molecule has 0 bridgehead atoms. The van der Waals surface area contributed by atoms with Gasteiger partial charge in [0.25, 0.3) is 0 Å². The molecule has 0 aliphatic heterocycles. The standard InChI is InChI=1S/C18H35NOS/c1-13-7-6-8-15(11-13)21(20)17-12-14(18(2,3)4)9-10-16(17)19-5/h13-17,19H,6-12H2,1-5H3. The Kier molecular flexibility index (Phi) is 5.92. The fourth-order valence-electron chi connectivity index (χ4n) is 4.34. The topological polar surface area (TPSA) is 29.1 Å². The van der Waals surface area contributed by atoms with Gasteiger partial charge in [-0.25, -0.2) is 0 Å². The Balaban J connectivity index is 2.07. The smallest absolute Gasteiger partial charge is 0.0506 e. The van der Waals surface area contributed by atoms with Gasteiger partial charge in [0.15, 0.2) is 0 Å². The molecule has 2 rings (SSSR count). The van der Waals surface area contributed by atoms with Gasteiger partial charge in [-0.1, -0.05) is 40.5 Å². The van der Waals surface area contributed by atoms with E-state index in [1.54, 1.807) is 0 Å². The molecule has 0 radical (unpaired) electrons. The predicted octanol–water partition coefficient (Wildman–Crippen LogP) is 4.12. The van der Waals surface area contributed by atoms with Crippen LogP contribution in [0.25, 0.3) is 0 Å². The van der Waals surface area contributed by atoms with Crippen LogP contribution in [0.2, 0.25) is 0 Å². The molecule has 2 fully saturated rings. The van der Waals surface area contributed by atoms with Gasteiger partial charge in [0, 0.05) is 22.1 Å². The summed E-state index contributed by atoms with van der Waals surface area (Å²) in [4.78, 5) is 0. The molecule has 21 heavy (non-hydrogen) atoms. The molecule has 2 aliphatic carbocycles. The van der Waals surface area contributed by atoms with Crippen LogP contribution in [0.3, 0.4) is 0 Å². The monoisotopic (exact) mass is 313 g/mol. The normalized spacial score (nSPS) is 40.0. The van der Waals surface area contributed by atoms with Crippen molar-refractivity contribution in [2.45, 2.75) is 89.2 Å². The van der Waals surface area contributed by atoms with Crippen molar-refractivity contribution in [2.24, 2.45) is 17.3 Å². The molecule has 6 atom stereocenters. The molecule has 2 saturated carbocycles. The number of rotatable bonds is 3. The first-order valence-corrected chi connectivity index (χ1v) is 10.2. The van der Waals surface area contributed by atoms with Gasteiger partial charge in [0.2, 0.25) is 0 Å². The average molecular weight is 314 g/mol. The number of nitrogens with one attached hydrogen (secondary N) is 1. The molecular weight excluding hydrogens is 278 g/mol. The van der Waals surface area contributed by atoms with Gasteiger partial charge in [-0.2, -0.15) is 0 Å². The Morgan fingerprint density at radius 1 is 1.05 bits per heavy atom. The van der Waals surface area contributed by atoms with Crippen molar-refractivity contribution in [3.63, 3.8) is 0 Å². The second-order valence-corrected chi connectivity index (χ2v) is 10.5. The van der Waals surface area contributed by atoms with Crippen molar-refractivity contribution in [2.75, 3.05) is 7.05 Å². The van der Waals surface area contributed by atoms with E-state index in [-0.39, 0.29) is 0 Å². The molecule has 3 heteroatoms. The summed E-state index contributed by atoms with van der Waals surface area (Å²) in [5.74, 6) is 1.49. The third-order valence-electron chi connectivity index (χ3n) is 5.90. The largest absolute Gasteiger partial charge is 0.316 e. The minimum atomic E-state index is -0.662. The van der Waals surface area contributed by atoms with E-state index in [0.29, 0.717) is 22.0 Å². The van der Waals surface area contributed by atoms with Crippen LogP contribution in [-0.2, 0) is 10.8 Å². The summed E-state index contributed by atoms with van der Waals surface area (Å²) >= 11 is 0. The lowest BCUT2D eigenvalue weighted by Gasteiger charge is -2.43. The maximum absolute atomic E-state index is 13.2. The number of hydrogen-bond acceptors (Lipinski definition) is 2. The minimum Gasteiger partial charge on any atom is -0.316 e. The lowest BCUT2D eigenvalue weighted by atomic mass is 9.71. The molecule has 6 unspecified atom stereocenters. The molecule has 0 saturated heterocycles. The molecule has 2 nitrogen and oxygen atoms in total. The number of hydrogen-bond donors (Lipinski definition) is 1. The second-order valence-electron chi connectivity index (χ2n) is 8.53. The van der Waals surface area contributed by atoms with Gasteiger partial charge in [0.1, 0.15) is 0 Å². The van der Waals surface area contributed by atoms with Gasteiger partial charge in [-0.05, 0) is 56.4 Å². The van der Waals surface area contributed by atoms with Crippen LogP contribution in [-0.4, -0.2) is 27.8 Å². The van der Waals surface area contributed by atoms with Crippen molar-refractivity contribution >= 4 is 10.8 Å². The summed E-state index contributed by atoms with van der Waals surface area (Å²) in [6.45, 7) is 9.37. The van der Waals surface area contributed by atoms with E-state index in [4.69, 9.17) is 0 Å². The average Bonchev–Trinajstić information content (AvgIpc) is 2.44. The van der Waals surface area contributed by atoms with Crippen LogP contribution in [0.1, 0.15) is 72.6 Å². The third-order valence-corrected chi connectivity index (χ3v) is 8.11. The molecule has 0 amide bonds. The Bertz CT molecular complexity index is 363. The van der Waals surface area contributed by atoms with E-state index in [9.17, 15) is 4.21 Å². The highest BCUT2D eigenvalue weighted by atomic mass is 32.2. The van der Waals surface area contributed by atoms with Crippen LogP contribution in [0.4, 0.5) is 0 Å². The first-order chi connectivity index (χ1) is 9.82. The molecule has 2 aliphatic rings. The van der Waals surface area contributed by atoms with E-state index >= 15 is 0 Å². The van der Waals surface area contributed by atoms with E-state index < -0.39 is 10.8 Å². The zero-order chi connectivity index (χ0) is 15.6. The summed E-state index contributed by atoms with van der Waals surface area (Å²) in [6.07, 6.45) is 8.59. The molecular formula is C18H35NOS. The maximum atomic E-state index is 13.2. The van der Waals surface area contributed by atoms with Crippen LogP contribution in [0, 0.1) is 17.3 Å². The third kappa shape index (κ3) is 4.31. The Morgan fingerprint density at radius 2 is 1.76 bits per heavy atom. The highest BCUT2D eigenvalue weighted by Crippen LogP contribution is 2.41. The highest BCUT2D eigenvalue weighted by Gasteiger charge is 2.40. The predicted molar refractivity (Wildman–Crippen MR) is 93.0 cm³/mol. The van der Waals surface area contributed by atoms with Crippen LogP contribution < -0.4 is 5.32 Å². The van der Waals surface area contributed by atoms with Crippen LogP contribution in [0.15, 0.2) is 0 Å². The first kappa shape index (κ1) is 17.5. The zero-order valence-electron chi connectivity index (χ0n) is 14.7. The van der Waals surface area contributed by atoms with Crippen molar-refractivity contribution in [1.82, 2.24) is 5.32 Å². The van der Waals surface area contributed by atoms with E-state index in [1.165, 1.54) is 38.5 Å². The van der Waals surface area contributed by atoms with Crippen LogP contribution in [0.5, 0.6) is 0 Å². The summed E-state index contributed by atoms with van der Waals surface area (Å²) in [5.41, 5.74) is 0.348.